The van der Waals surface area contributed by atoms with Gasteiger partial charge in [-0.2, -0.15) is 0 Å². The Hall–Kier alpha value is -0.280. The molecule has 1 aliphatic rings. The van der Waals surface area contributed by atoms with Gasteiger partial charge in [0.25, 0.3) is 0 Å². The normalized spacial score (nSPS) is 18.9. The van der Waals surface area contributed by atoms with Crippen LogP contribution in [0.2, 0.25) is 0 Å². The molecule has 0 unspecified atom stereocenters. The molecule has 0 radical (unpaired) electrons. The minimum atomic E-state index is -0.393. The summed E-state index contributed by atoms with van der Waals surface area (Å²) >= 11 is 0. The first-order valence-electron chi connectivity index (χ1n) is 6.83. The van der Waals surface area contributed by atoms with Crippen molar-refractivity contribution in [2.75, 3.05) is 13.6 Å². The van der Waals surface area contributed by atoms with Crippen molar-refractivity contribution >= 4 is 18.3 Å². The van der Waals surface area contributed by atoms with Gasteiger partial charge in [0.2, 0.25) is 5.91 Å². The Morgan fingerprint density at radius 3 is 2.22 bits per heavy atom. The second kappa shape index (κ2) is 7.34. The van der Waals surface area contributed by atoms with Crippen LogP contribution in [0.25, 0.3) is 0 Å². The van der Waals surface area contributed by atoms with Crippen molar-refractivity contribution in [2.24, 2.45) is 17.1 Å². The van der Waals surface area contributed by atoms with Crippen LogP contribution >= 0.6 is 12.4 Å². The van der Waals surface area contributed by atoms with Gasteiger partial charge < -0.3 is 10.6 Å². The molecule has 1 atom stereocenters. The maximum absolute atomic E-state index is 12.2. The molecule has 0 spiro atoms. The van der Waals surface area contributed by atoms with Gasteiger partial charge in [0.15, 0.2) is 0 Å². The molecule has 108 valence electrons. The molecule has 18 heavy (non-hydrogen) atoms. The predicted octanol–water partition coefficient (Wildman–Crippen LogP) is 2.82. The molecule has 2 N–H and O–H groups in total. The lowest BCUT2D eigenvalue weighted by molar-refractivity contribution is -0.134. The van der Waals surface area contributed by atoms with Crippen molar-refractivity contribution in [3.05, 3.63) is 0 Å². The third kappa shape index (κ3) is 5.15. The zero-order valence-electron chi connectivity index (χ0n) is 12.2. The fraction of sp³-hybridized carbons (Fsp3) is 0.929. The molecule has 1 fully saturated rings. The van der Waals surface area contributed by atoms with E-state index in [1.807, 2.05) is 32.7 Å². The van der Waals surface area contributed by atoms with Gasteiger partial charge in [0, 0.05) is 13.6 Å². The van der Waals surface area contributed by atoms with Gasteiger partial charge in [0.05, 0.1) is 6.04 Å². The summed E-state index contributed by atoms with van der Waals surface area (Å²) in [4.78, 5) is 14.0. The van der Waals surface area contributed by atoms with Crippen LogP contribution in [0.1, 0.15) is 52.9 Å². The molecule has 4 heteroatoms. The number of rotatable bonds is 3. The van der Waals surface area contributed by atoms with Crippen LogP contribution in [0, 0.1) is 11.3 Å². The van der Waals surface area contributed by atoms with Gasteiger partial charge >= 0.3 is 0 Å². The number of hydrogen-bond donors (Lipinski definition) is 1. The quantitative estimate of drug-likeness (QED) is 0.862. The maximum atomic E-state index is 12.2. The lowest BCUT2D eigenvalue weighted by atomic mass is 9.85. The van der Waals surface area contributed by atoms with Crippen molar-refractivity contribution in [1.82, 2.24) is 4.90 Å². The average Bonchev–Trinajstić information content (AvgIpc) is 2.27. The summed E-state index contributed by atoms with van der Waals surface area (Å²) in [6.07, 6.45) is 6.52. The van der Waals surface area contributed by atoms with Gasteiger partial charge in [-0.3, -0.25) is 4.79 Å². The van der Waals surface area contributed by atoms with E-state index in [-0.39, 0.29) is 23.7 Å². The van der Waals surface area contributed by atoms with E-state index >= 15 is 0 Å². The highest BCUT2D eigenvalue weighted by Crippen LogP contribution is 2.25. The molecule has 0 aromatic heterocycles. The fourth-order valence-electron chi connectivity index (χ4n) is 2.45. The first kappa shape index (κ1) is 17.7. The summed E-state index contributed by atoms with van der Waals surface area (Å²) < 4.78 is 0. The Balaban J connectivity index is 0.00000289. The minimum Gasteiger partial charge on any atom is -0.344 e. The summed E-state index contributed by atoms with van der Waals surface area (Å²) in [6, 6.07) is -0.393. The Morgan fingerprint density at radius 1 is 1.28 bits per heavy atom. The first-order valence-corrected chi connectivity index (χ1v) is 6.83. The largest absolute Gasteiger partial charge is 0.344 e. The van der Waals surface area contributed by atoms with E-state index in [1.54, 1.807) is 0 Å². The number of halogens is 1. The number of amides is 1. The molecule has 3 nitrogen and oxygen atoms in total. The monoisotopic (exact) mass is 276 g/mol. The summed E-state index contributed by atoms with van der Waals surface area (Å²) in [5.41, 5.74) is 5.85. The van der Waals surface area contributed by atoms with Crippen LogP contribution in [0.15, 0.2) is 0 Å². The number of carbonyl (C=O) groups excluding carboxylic acids is 1. The Kier molecular flexibility index (Phi) is 7.23. The zero-order chi connectivity index (χ0) is 13.1. The van der Waals surface area contributed by atoms with E-state index in [4.69, 9.17) is 5.73 Å². The number of nitrogens with zero attached hydrogens (tertiary/aromatic N) is 1. The van der Waals surface area contributed by atoms with E-state index in [0.29, 0.717) is 5.92 Å². The van der Waals surface area contributed by atoms with Crippen LogP contribution in [0.5, 0.6) is 0 Å². The highest BCUT2D eigenvalue weighted by Gasteiger charge is 2.30. The number of carbonyl (C=O) groups is 1. The number of hydrogen-bond acceptors (Lipinski definition) is 2. The van der Waals surface area contributed by atoms with E-state index in [9.17, 15) is 4.79 Å². The van der Waals surface area contributed by atoms with Crippen molar-refractivity contribution in [3.63, 3.8) is 0 Å². The van der Waals surface area contributed by atoms with Crippen LogP contribution in [0.3, 0.4) is 0 Å². The van der Waals surface area contributed by atoms with Crippen LogP contribution < -0.4 is 5.73 Å². The van der Waals surface area contributed by atoms with Gasteiger partial charge in [0.1, 0.15) is 0 Å². The maximum Gasteiger partial charge on any atom is 0.239 e. The van der Waals surface area contributed by atoms with E-state index in [1.165, 1.54) is 32.1 Å². The molecule has 1 saturated carbocycles. The summed E-state index contributed by atoms with van der Waals surface area (Å²) in [6.45, 7) is 6.93. The van der Waals surface area contributed by atoms with Crippen molar-refractivity contribution in [3.8, 4) is 0 Å². The van der Waals surface area contributed by atoms with E-state index in [0.717, 1.165) is 6.54 Å². The third-order valence-corrected chi connectivity index (χ3v) is 3.83. The molecule has 0 saturated heterocycles. The Bertz CT molecular complexity index is 257. The molecular weight excluding hydrogens is 248 g/mol. The summed E-state index contributed by atoms with van der Waals surface area (Å²) in [7, 11) is 1.89. The molecule has 0 aromatic carbocycles. The van der Waals surface area contributed by atoms with Gasteiger partial charge in [-0.1, -0.05) is 40.0 Å². The van der Waals surface area contributed by atoms with Gasteiger partial charge in [-0.15, -0.1) is 12.4 Å². The molecule has 0 heterocycles. The van der Waals surface area contributed by atoms with Crippen LogP contribution in [0.4, 0.5) is 0 Å². The van der Waals surface area contributed by atoms with E-state index < -0.39 is 6.04 Å². The zero-order valence-corrected chi connectivity index (χ0v) is 13.1. The van der Waals surface area contributed by atoms with Gasteiger partial charge in [-0.05, 0) is 24.2 Å². The first-order chi connectivity index (χ1) is 7.82. The lowest BCUT2D eigenvalue weighted by Gasteiger charge is -2.32. The molecule has 1 aliphatic carbocycles. The second-order valence-corrected chi connectivity index (χ2v) is 6.57. The lowest BCUT2D eigenvalue weighted by Crippen LogP contribution is -2.50. The minimum absolute atomic E-state index is 0. The number of nitrogens with two attached hydrogens (primary N) is 1. The van der Waals surface area contributed by atoms with Crippen molar-refractivity contribution in [1.29, 1.82) is 0 Å². The van der Waals surface area contributed by atoms with E-state index in [2.05, 4.69) is 0 Å². The third-order valence-electron chi connectivity index (χ3n) is 3.83. The van der Waals surface area contributed by atoms with Crippen molar-refractivity contribution in [2.45, 2.75) is 58.9 Å². The molecular formula is C14H29ClN2O. The summed E-state index contributed by atoms with van der Waals surface area (Å²) in [5, 5.41) is 0. The SMILES string of the molecule is CN(CC1CCCCC1)C(=O)[C@@H](N)C(C)(C)C.Cl. The van der Waals surface area contributed by atoms with Crippen LogP contribution in [-0.2, 0) is 4.79 Å². The molecule has 0 aliphatic heterocycles. The molecule has 0 bridgehead atoms. The smallest absolute Gasteiger partial charge is 0.239 e. The Morgan fingerprint density at radius 2 is 1.78 bits per heavy atom. The highest BCUT2D eigenvalue weighted by atomic mass is 35.5. The molecule has 1 amide bonds. The highest BCUT2D eigenvalue weighted by molar-refractivity contribution is 5.85. The second-order valence-electron chi connectivity index (χ2n) is 6.57. The average molecular weight is 277 g/mol. The summed E-state index contributed by atoms with van der Waals surface area (Å²) in [5.74, 6) is 0.771. The van der Waals surface area contributed by atoms with Crippen LogP contribution in [-0.4, -0.2) is 30.4 Å². The van der Waals surface area contributed by atoms with Gasteiger partial charge in [-0.25, -0.2) is 0 Å². The predicted molar refractivity (Wildman–Crippen MR) is 78.9 cm³/mol. The molecule has 0 aromatic rings. The Labute approximate surface area is 118 Å². The fourth-order valence-corrected chi connectivity index (χ4v) is 2.45. The van der Waals surface area contributed by atoms with Crippen molar-refractivity contribution < 1.29 is 4.79 Å². The topological polar surface area (TPSA) is 46.3 Å². The molecule has 1 rings (SSSR count). The number of likely N-dealkylation sites (N-methyl/N-ethyl adjacent to an activating group) is 1. The standard InChI is InChI=1S/C14H28N2O.ClH/c1-14(2,3)12(15)13(17)16(4)10-11-8-6-5-7-9-11;/h11-12H,5-10,15H2,1-4H3;1H/t12-;/m1./s1.